The molecule has 0 aliphatic rings. The molecule has 1 aromatic carbocycles. The SMILES string of the molecule is CC/C=C(\C)C(=O)NC(C)c1ccc(OC)c(OC)c1. The molecular weight excluding hydrogens is 254 g/mol. The van der Waals surface area contributed by atoms with E-state index in [0.29, 0.717) is 11.5 Å². The molecule has 110 valence electrons. The molecule has 0 saturated carbocycles. The van der Waals surface area contributed by atoms with E-state index in [1.54, 1.807) is 14.2 Å². The van der Waals surface area contributed by atoms with Crippen molar-refractivity contribution in [3.63, 3.8) is 0 Å². The van der Waals surface area contributed by atoms with Gasteiger partial charge in [-0.15, -0.1) is 0 Å². The van der Waals surface area contributed by atoms with Gasteiger partial charge in [0.1, 0.15) is 0 Å². The predicted molar refractivity (Wildman–Crippen MR) is 80.2 cm³/mol. The summed E-state index contributed by atoms with van der Waals surface area (Å²) in [5.74, 6) is 1.29. The van der Waals surface area contributed by atoms with Crippen molar-refractivity contribution in [2.45, 2.75) is 33.2 Å². The minimum atomic E-state index is -0.0949. The number of benzene rings is 1. The summed E-state index contributed by atoms with van der Waals surface area (Å²) < 4.78 is 10.5. The highest BCUT2D eigenvalue weighted by Crippen LogP contribution is 2.29. The third-order valence-corrected chi connectivity index (χ3v) is 3.12. The Kier molecular flexibility index (Phi) is 6.10. The van der Waals surface area contributed by atoms with Gasteiger partial charge in [-0.3, -0.25) is 4.79 Å². The first-order valence-corrected chi connectivity index (χ1v) is 6.73. The van der Waals surface area contributed by atoms with Gasteiger partial charge in [-0.1, -0.05) is 19.1 Å². The van der Waals surface area contributed by atoms with Gasteiger partial charge < -0.3 is 14.8 Å². The van der Waals surface area contributed by atoms with E-state index < -0.39 is 0 Å². The van der Waals surface area contributed by atoms with E-state index in [2.05, 4.69) is 5.32 Å². The number of carbonyl (C=O) groups is 1. The van der Waals surface area contributed by atoms with Crippen LogP contribution in [0.2, 0.25) is 0 Å². The predicted octanol–water partition coefficient (Wildman–Crippen LogP) is 3.24. The molecule has 0 aromatic heterocycles. The lowest BCUT2D eigenvalue weighted by molar-refractivity contribution is -0.118. The maximum atomic E-state index is 12.0. The van der Waals surface area contributed by atoms with Crippen LogP contribution in [0.1, 0.15) is 38.8 Å². The highest BCUT2D eigenvalue weighted by molar-refractivity contribution is 5.93. The molecule has 20 heavy (non-hydrogen) atoms. The van der Waals surface area contributed by atoms with Crippen molar-refractivity contribution in [3.05, 3.63) is 35.4 Å². The second kappa shape index (κ2) is 7.58. The van der Waals surface area contributed by atoms with E-state index in [4.69, 9.17) is 9.47 Å². The fourth-order valence-electron chi connectivity index (χ4n) is 1.91. The van der Waals surface area contributed by atoms with Crippen LogP contribution < -0.4 is 14.8 Å². The second-order valence-electron chi connectivity index (χ2n) is 4.60. The molecule has 0 aliphatic carbocycles. The molecule has 0 heterocycles. The zero-order valence-electron chi connectivity index (χ0n) is 12.8. The van der Waals surface area contributed by atoms with Crippen molar-refractivity contribution < 1.29 is 14.3 Å². The maximum absolute atomic E-state index is 12.0. The molecule has 1 atom stereocenters. The Morgan fingerprint density at radius 2 is 1.95 bits per heavy atom. The molecule has 1 aromatic rings. The summed E-state index contributed by atoms with van der Waals surface area (Å²) in [6.07, 6.45) is 2.76. The van der Waals surface area contributed by atoms with E-state index in [1.807, 2.05) is 45.0 Å². The summed E-state index contributed by atoms with van der Waals surface area (Å²) in [5, 5.41) is 2.97. The average Bonchev–Trinajstić information content (AvgIpc) is 2.46. The smallest absolute Gasteiger partial charge is 0.247 e. The van der Waals surface area contributed by atoms with Gasteiger partial charge in [-0.25, -0.2) is 0 Å². The molecule has 1 N–H and O–H groups in total. The van der Waals surface area contributed by atoms with E-state index in [-0.39, 0.29) is 11.9 Å². The van der Waals surface area contributed by atoms with Gasteiger partial charge in [0.05, 0.1) is 20.3 Å². The number of hydrogen-bond acceptors (Lipinski definition) is 3. The monoisotopic (exact) mass is 277 g/mol. The van der Waals surface area contributed by atoms with Crippen LogP contribution in [0.5, 0.6) is 11.5 Å². The molecule has 0 saturated heterocycles. The molecule has 0 spiro atoms. The molecule has 1 amide bonds. The Morgan fingerprint density at radius 1 is 1.30 bits per heavy atom. The van der Waals surface area contributed by atoms with Crippen molar-refractivity contribution in [2.24, 2.45) is 0 Å². The zero-order chi connectivity index (χ0) is 15.1. The van der Waals surface area contributed by atoms with E-state index in [0.717, 1.165) is 17.6 Å². The van der Waals surface area contributed by atoms with Crippen LogP contribution in [0.3, 0.4) is 0 Å². The van der Waals surface area contributed by atoms with Crippen molar-refractivity contribution >= 4 is 5.91 Å². The van der Waals surface area contributed by atoms with Crippen LogP contribution in [-0.2, 0) is 4.79 Å². The Labute approximate surface area is 120 Å². The van der Waals surface area contributed by atoms with Gasteiger partial charge in [0.25, 0.3) is 0 Å². The molecule has 4 nitrogen and oxygen atoms in total. The van der Waals surface area contributed by atoms with Gasteiger partial charge in [0, 0.05) is 5.57 Å². The number of carbonyl (C=O) groups excluding carboxylic acids is 1. The van der Waals surface area contributed by atoms with Crippen molar-refractivity contribution in [1.29, 1.82) is 0 Å². The lowest BCUT2D eigenvalue weighted by Crippen LogP contribution is -2.27. The number of nitrogens with one attached hydrogen (secondary N) is 1. The highest BCUT2D eigenvalue weighted by Gasteiger charge is 2.13. The van der Waals surface area contributed by atoms with Crippen LogP contribution in [0.4, 0.5) is 0 Å². The van der Waals surface area contributed by atoms with Crippen molar-refractivity contribution in [3.8, 4) is 11.5 Å². The third kappa shape index (κ3) is 4.02. The van der Waals surface area contributed by atoms with Crippen molar-refractivity contribution in [2.75, 3.05) is 14.2 Å². The summed E-state index contributed by atoms with van der Waals surface area (Å²) in [5.41, 5.74) is 1.71. The van der Waals surface area contributed by atoms with E-state index in [1.165, 1.54) is 0 Å². The normalized spacial score (nSPS) is 12.8. The first-order valence-electron chi connectivity index (χ1n) is 6.73. The topological polar surface area (TPSA) is 47.6 Å². The van der Waals surface area contributed by atoms with E-state index >= 15 is 0 Å². The first kappa shape index (κ1) is 16.1. The standard InChI is InChI=1S/C16H23NO3/c1-6-7-11(2)16(18)17-12(3)13-8-9-14(19-4)15(10-13)20-5/h7-10,12H,6H2,1-5H3,(H,17,18)/b11-7+. The van der Waals surface area contributed by atoms with Crippen LogP contribution in [0, 0.1) is 0 Å². The molecule has 1 unspecified atom stereocenters. The number of amides is 1. The molecule has 0 bridgehead atoms. The molecule has 1 rings (SSSR count). The van der Waals surface area contributed by atoms with Crippen LogP contribution in [0.25, 0.3) is 0 Å². The van der Waals surface area contributed by atoms with Crippen LogP contribution in [0.15, 0.2) is 29.8 Å². The summed E-state index contributed by atoms with van der Waals surface area (Å²) >= 11 is 0. The molecule has 0 radical (unpaired) electrons. The number of methoxy groups -OCH3 is 2. The maximum Gasteiger partial charge on any atom is 0.247 e. The largest absolute Gasteiger partial charge is 0.493 e. The summed E-state index contributed by atoms with van der Waals surface area (Å²) in [7, 11) is 3.20. The lowest BCUT2D eigenvalue weighted by Gasteiger charge is -2.16. The quantitative estimate of drug-likeness (QED) is 0.812. The van der Waals surface area contributed by atoms with Gasteiger partial charge in [-0.2, -0.15) is 0 Å². The Morgan fingerprint density at radius 3 is 2.50 bits per heavy atom. The number of ether oxygens (including phenoxy) is 2. The molecule has 0 aliphatic heterocycles. The van der Waals surface area contributed by atoms with Crippen LogP contribution >= 0.6 is 0 Å². The third-order valence-electron chi connectivity index (χ3n) is 3.12. The van der Waals surface area contributed by atoms with Gasteiger partial charge in [0.15, 0.2) is 11.5 Å². The second-order valence-corrected chi connectivity index (χ2v) is 4.60. The minimum Gasteiger partial charge on any atom is -0.493 e. The van der Waals surface area contributed by atoms with Crippen molar-refractivity contribution in [1.82, 2.24) is 5.32 Å². The molecule has 0 fully saturated rings. The summed E-state index contributed by atoms with van der Waals surface area (Å²) in [6, 6.07) is 5.54. The Hall–Kier alpha value is -1.97. The molecular formula is C16H23NO3. The number of hydrogen-bond donors (Lipinski definition) is 1. The zero-order valence-corrected chi connectivity index (χ0v) is 12.8. The lowest BCUT2D eigenvalue weighted by atomic mass is 10.1. The summed E-state index contributed by atoms with van der Waals surface area (Å²) in [6.45, 7) is 5.77. The molecule has 4 heteroatoms. The van der Waals surface area contributed by atoms with E-state index in [9.17, 15) is 4.79 Å². The summed E-state index contributed by atoms with van der Waals surface area (Å²) in [4.78, 5) is 12.0. The Balaban J connectivity index is 2.85. The van der Waals surface area contributed by atoms with Gasteiger partial charge in [-0.05, 0) is 38.0 Å². The van der Waals surface area contributed by atoms with Gasteiger partial charge >= 0.3 is 0 Å². The number of allylic oxidation sites excluding steroid dienone is 1. The fourth-order valence-corrected chi connectivity index (χ4v) is 1.91. The average molecular weight is 277 g/mol. The highest BCUT2D eigenvalue weighted by atomic mass is 16.5. The minimum absolute atomic E-state index is 0.0471. The first-order chi connectivity index (χ1) is 9.53. The van der Waals surface area contributed by atoms with Crippen LogP contribution in [-0.4, -0.2) is 20.1 Å². The van der Waals surface area contributed by atoms with Gasteiger partial charge in [0.2, 0.25) is 5.91 Å². The Bertz CT molecular complexity index is 494. The number of rotatable bonds is 6. The fraction of sp³-hybridized carbons (Fsp3) is 0.438.